The largest absolute Gasteiger partial charge is 0.377 e. The molecule has 2 N–H and O–H groups in total. The molecule has 17 heavy (non-hydrogen) atoms. The summed E-state index contributed by atoms with van der Waals surface area (Å²) in [6.45, 7) is 3.94. The fourth-order valence-electron chi connectivity index (χ4n) is 1.89. The van der Waals surface area contributed by atoms with Crippen LogP contribution in [0.5, 0.6) is 0 Å². The highest BCUT2D eigenvalue weighted by atomic mass is 16.1. The second-order valence-electron chi connectivity index (χ2n) is 4.22. The zero-order valence-corrected chi connectivity index (χ0v) is 10.2. The molecule has 2 rings (SSSR count). The molecular weight excluding hydrogens is 214 g/mol. The molecule has 90 valence electrons. The average molecular weight is 231 g/mol. The zero-order valence-electron chi connectivity index (χ0n) is 10.2. The number of aromatic amines is 1. The predicted octanol–water partition coefficient (Wildman–Crippen LogP) is 2.16. The van der Waals surface area contributed by atoms with Crippen LogP contribution in [0.15, 0.2) is 34.8 Å². The van der Waals surface area contributed by atoms with Crippen molar-refractivity contribution in [3.63, 3.8) is 0 Å². The second kappa shape index (κ2) is 4.99. The van der Waals surface area contributed by atoms with Gasteiger partial charge < -0.3 is 5.32 Å². The lowest BCUT2D eigenvalue weighted by molar-refractivity contribution is 0.851. The molecule has 0 saturated carbocycles. The molecule has 0 aliphatic heterocycles. The summed E-state index contributed by atoms with van der Waals surface area (Å²) in [5.41, 5.74) is 2.67. The van der Waals surface area contributed by atoms with Gasteiger partial charge >= 0.3 is 0 Å². The van der Waals surface area contributed by atoms with Crippen LogP contribution in [0.3, 0.4) is 0 Å². The van der Waals surface area contributed by atoms with Gasteiger partial charge in [0, 0.05) is 11.6 Å². The van der Waals surface area contributed by atoms with Crippen molar-refractivity contribution < 1.29 is 0 Å². The van der Waals surface area contributed by atoms with Gasteiger partial charge in [0.15, 0.2) is 0 Å². The summed E-state index contributed by atoms with van der Waals surface area (Å²) >= 11 is 0. The maximum Gasteiger partial charge on any atom is 0.269 e. The molecule has 0 saturated heterocycles. The number of anilines is 1. The minimum Gasteiger partial charge on any atom is -0.377 e. The van der Waals surface area contributed by atoms with Crippen molar-refractivity contribution >= 4 is 5.69 Å². The van der Waals surface area contributed by atoms with E-state index in [9.17, 15) is 4.79 Å². The smallest absolute Gasteiger partial charge is 0.269 e. The summed E-state index contributed by atoms with van der Waals surface area (Å²) in [4.78, 5) is 11.4. The second-order valence-corrected chi connectivity index (χ2v) is 4.22. The SMILES string of the molecule is CCC1=CC(Nc2cn[nH]c(=O)c2C)CC=C1. The van der Waals surface area contributed by atoms with Crippen LogP contribution in [0.2, 0.25) is 0 Å². The zero-order chi connectivity index (χ0) is 12.3. The Labute approximate surface area is 100 Å². The van der Waals surface area contributed by atoms with E-state index in [1.165, 1.54) is 5.57 Å². The molecular formula is C13H17N3O. The van der Waals surface area contributed by atoms with Crippen LogP contribution in [0.25, 0.3) is 0 Å². The Bertz CT molecular complexity index is 514. The van der Waals surface area contributed by atoms with Crippen LogP contribution in [-0.4, -0.2) is 16.2 Å². The molecule has 1 atom stereocenters. The highest BCUT2D eigenvalue weighted by Crippen LogP contribution is 2.18. The number of allylic oxidation sites excluding steroid dienone is 2. The maximum atomic E-state index is 11.4. The molecule has 1 aromatic rings. The van der Waals surface area contributed by atoms with E-state index in [0.717, 1.165) is 18.5 Å². The van der Waals surface area contributed by atoms with Crippen LogP contribution in [-0.2, 0) is 0 Å². The number of nitrogens with zero attached hydrogens (tertiary/aromatic N) is 1. The van der Waals surface area contributed by atoms with Gasteiger partial charge in [-0.3, -0.25) is 4.79 Å². The molecule has 0 aromatic carbocycles. The van der Waals surface area contributed by atoms with Gasteiger partial charge in [0.05, 0.1) is 11.9 Å². The fourth-order valence-corrected chi connectivity index (χ4v) is 1.89. The third kappa shape index (κ3) is 2.64. The molecule has 0 fully saturated rings. The van der Waals surface area contributed by atoms with Gasteiger partial charge in [-0.15, -0.1) is 0 Å². The Hall–Kier alpha value is -1.84. The van der Waals surface area contributed by atoms with Crippen LogP contribution >= 0.6 is 0 Å². The molecule has 0 radical (unpaired) electrons. The Morgan fingerprint density at radius 2 is 2.41 bits per heavy atom. The molecule has 1 unspecified atom stereocenters. The van der Waals surface area contributed by atoms with E-state index >= 15 is 0 Å². The fraction of sp³-hybridized carbons (Fsp3) is 0.385. The Kier molecular flexibility index (Phi) is 3.42. The molecule has 0 bridgehead atoms. The lowest BCUT2D eigenvalue weighted by atomic mass is 10.0. The highest BCUT2D eigenvalue weighted by molar-refractivity contribution is 5.49. The van der Waals surface area contributed by atoms with Crippen molar-refractivity contribution in [2.45, 2.75) is 32.7 Å². The van der Waals surface area contributed by atoms with E-state index in [-0.39, 0.29) is 11.6 Å². The Morgan fingerprint density at radius 3 is 3.18 bits per heavy atom. The average Bonchev–Trinajstić information content (AvgIpc) is 2.35. The van der Waals surface area contributed by atoms with Gasteiger partial charge in [-0.2, -0.15) is 5.10 Å². The number of nitrogens with one attached hydrogen (secondary N) is 2. The summed E-state index contributed by atoms with van der Waals surface area (Å²) < 4.78 is 0. The van der Waals surface area contributed by atoms with Gasteiger partial charge in [0.2, 0.25) is 0 Å². The Morgan fingerprint density at radius 1 is 1.59 bits per heavy atom. The summed E-state index contributed by atoms with van der Waals surface area (Å²) in [6.07, 6.45) is 10.2. The van der Waals surface area contributed by atoms with Crippen LogP contribution in [0.1, 0.15) is 25.3 Å². The van der Waals surface area contributed by atoms with Gasteiger partial charge in [0.1, 0.15) is 0 Å². The van der Waals surface area contributed by atoms with E-state index in [0.29, 0.717) is 5.56 Å². The lowest BCUT2D eigenvalue weighted by Gasteiger charge is -2.19. The topological polar surface area (TPSA) is 57.8 Å². The van der Waals surface area contributed by atoms with E-state index in [4.69, 9.17) is 0 Å². The monoisotopic (exact) mass is 231 g/mol. The minimum absolute atomic E-state index is 0.138. The quantitative estimate of drug-likeness (QED) is 0.838. The van der Waals surface area contributed by atoms with Crippen molar-refractivity contribution in [1.82, 2.24) is 10.2 Å². The number of rotatable bonds is 3. The first-order chi connectivity index (χ1) is 8.20. The molecule has 4 heteroatoms. The van der Waals surface area contributed by atoms with E-state index in [1.807, 2.05) is 0 Å². The van der Waals surface area contributed by atoms with Gasteiger partial charge in [-0.05, 0) is 19.8 Å². The predicted molar refractivity (Wildman–Crippen MR) is 69.1 cm³/mol. The number of H-pyrrole nitrogens is 1. The molecule has 1 aromatic heterocycles. The third-order valence-electron chi connectivity index (χ3n) is 2.99. The van der Waals surface area contributed by atoms with Gasteiger partial charge in [-0.25, -0.2) is 5.10 Å². The first-order valence-corrected chi connectivity index (χ1v) is 5.88. The van der Waals surface area contributed by atoms with Crippen molar-refractivity contribution in [3.8, 4) is 0 Å². The van der Waals surface area contributed by atoms with E-state index < -0.39 is 0 Å². The summed E-state index contributed by atoms with van der Waals surface area (Å²) in [5, 5.41) is 9.58. The summed E-state index contributed by atoms with van der Waals surface area (Å²) in [5.74, 6) is 0. The summed E-state index contributed by atoms with van der Waals surface area (Å²) in [6, 6.07) is 0.247. The van der Waals surface area contributed by atoms with Crippen molar-refractivity contribution in [2.75, 3.05) is 5.32 Å². The van der Waals surface area contributed by atoms with Gasteiger partial charge in [-0.1, -0.05) is 30.7 Å². The molecule has 0 amide bonds. The minimum atomic E-state index is -0.138. The first-order valence-electron chi connectivity index (χ1n) is 5.88. The number of aromatic nitrogens is 2. The molecule has 1 heterocycles. The highest BCUT2D eigenvalue weighted by Gasteiger charge is 2.10. The van der Waals surface area contributed by atoms with Crippen molar-refractivity contribution in [1.29, 1.82) is 0 Å². The lowest BCUT2D eigenvalue weighted by Crippen LogP contribution is -2.22. The van der Waals surface area contributed by atoms with Crippen LogP contribution < -0.4 is 10.9 Å². The van der Waals surface area contributed by atoms with Crippen LogP contribution in [0, 0.1) is 6.92 Å². The normalized spacial score (nSPS) is 18.9. The number of hydrogen-bond donors (Lipinski definition) is 2. The van der Waals surface area contributed by atoms with Gasteiger partial charge in [0.25, 0.3) is 5.56 Å². The number of hydrogen-bond acceptors (Lipinski definition) is 3. The third-order valence-corrected chi connectivity index (χ3v) is 2.99. The first kappa shape index (κ1) is 11.6. The maximum absolute atomic E-state index is 11.4. The summed E-state index contributed by atoms with van der Waals surface area (Å²) in [7, 11) is 0. The molecule has 4 nitrogen and oxygen atoms in total. The molecule has 0 spiro atoms. The van der Waals surface area contributed by atoms with E-state index in [2.05, 4.69) is 40.7 Å². The molecule has 1 aliphatic rings. The standard InChI is InChI=1S/C13H17N3O/c1-3-10-5-4-6-11(7-10)15-12-8-14-16-13(17)9(12)2/h4-5,7-8,11H,3,6H2,1-2H3,(H2,15,16,17). The molecule has 1 aliphatic carbocycles. The Balaban J connectivity index is 2.17. The van der Waals surface area contributed by atoms with Crippen molar-refractivity contribution in [2.24, 2.45) is 0 Å². The van der Waals surface area contributed by atoms with E-state index in [1.54, 1.807) is 13.1 Å². The van der Waals surface area contributed by atoms with Crippen LogP contribution in [0.4, 0.5) is 5.69 Å². The van der Waals surface area contributed by atoms with Crippen molar-refractivity contribution in [3.05, 3.63) is 45.9 Å².